The van der Waals surface area contributed by atoms with Crippen molar-refractivity contribution >= 4 is 17.9 Å². The highest BCUT2D eigenvalue weighted by atomic mass is 16.5. The molecule has 30 heavy (non-hydrogen) atoms. The lowest BCUT2D eigenvalue weighted by Gasteiger charge is -2.19. The van der Waals surface area contributed by atoms with Crippen LogP contribution in [0.1, 0.15) is 42.3 Å². The zero-order chi connectivity index (χ0) is 21.7. The number of carbonyl (C=O) groups is 3. The average Bonchev–Trinajstić information content (AvgIpc) is 3.16. The number of hydrogen-bond donors (Lipinski definition) is 1. The number of amides is 3. The number of benzene rings is 2. The number of ether oxygens (including phenoxy) is 2. The van der Waals surface area contributed by atoms with E-state index in [2.05, 4.69) is 38.2 Å². The molecule has 7 nitrogen and oxygen atoms in total. The van der Waals surface area contributed by atoms with Gasteiger partial charge in [-0.3, -0.25) is 9.69 Å². The number of nitrogens with one attached hydrogen (secondary N) is 1. The van der Waals surface area contributed by atoms with Crippen LogP contribution in [-0.2, 0) is 21.6 Å². The summed E-state index contributed by atoms with van der Waals surface area (Å²) in [5, 5.41) is 2.52. The van der Waals surface area contributed by atoms with Crippen LogP contribution >= 0.6 is 0 Å². The molecule has 0 atom stereocenters. The first-order chi connectivity index (χ1) is 14.2. The van der Waals surface area contributed by atoms with Crippen LogP contribution < -0.4 is 10.1 Å². The maximum atomic E-state index is 12.1. The summed E-state index contributed by atoms with van der Waals surface area (Å²) in [7, 11) is 0. The number of carbonyl (C=O) groups excluding carboxylic acids is 3. The third kappa shape index (κ3) is 5.37. The molecule has 7 heteroatoms. The quantitative estimate of drug-likeness (QED) is 0.739. The predicted molar refractivity (Wildman–Crippen MR) is 111 cm³/mol. The second-order valence-electron chi connectivity index (χ2n) is 8.11. The van der Waals surface area contributed by atoms with Crippen molar-refractivity contribution in [1.82, 2.24) is 10.2 Å². The summed E-state index contributed by atoms with van der Waals surface area (Å²) < 4.78 is 10.8. The maximum Gasteiger partial charge on any atom is 0.338 e. The van der Waals surface area contributed by atoms with Crippen molar-refractivity contribution in [1.29, 1.82) is 0 Å². The molecule has 0 unspecified atom stereocenters. The lowest BCUT2D eigenvalue weighted by atomic mass is 9.87. The molecule has 1 heterocycles. The molecule has 0 saturated carbocycles. The molecule has 0 spiro atoms. The number of urea groups is 1. The Balaban J connectivity index is 1.49. The van der Waals surface area contributed by atoms with Gasteiger partial charge in [-0.15, -0.1) is 0 Å². The third-order valence-electron chi connectivity index (χ3n) is 4.80. The van der Waals surface area contributed by atoms with Crippen LogP contribution in [0, 0.1) is 0 Å². The minimum Gasteiger partial charge on any atom is -0.489 e. The van der Waals surface area contributed by atoms with E-state index in [0.29, 0.717) is 18.7 Å². The van der Waals surface area contributed by atoms with Gasteiger partial charge in [0, 0.05) is 13.1 Å². The Morgan fingerprint density at radius 3 is 2.27 bits per heavy atom. The molecule has 2 aromatic rings. The van der Waals surface area contributed by atoms with Gasteiger partial charge in [-0.05, 0) is 40.8 Å². The van der Waals surface area contributed by atoms with E-state index in [-0.39, 0.29) is 12.0 Å². The molecular weight excluding hydrogens is 384 g/mol. The van der Waals surface area contributed by atoms with E-state index in [1.54, 1.807) is 24.3 Å². The highest BCUT2D eigenvalue weighted by Gasteiger charge is 2.26. The second-order valence-corrected chi connectivity index (χ2v) is 8.11. The standard InChI is InChI=1S/C23H26N2O5/c1-23(2,3)18-8-10-19(11-9-18)29-14-16-4-6-17(7-5-16)21(27)30-15-20(26)25-13-12-24-22(25)28/h4-11H,12-15H2,1-3H3,(H,24,28). The van der Waals surface area contributed by atoms with Gasteiger partial charge in [0.05, 0.1) is 5.56 Å². The molecule has 1 aliphatic rings. The molecule has 1 N–H and O–H groups in total. The first kappa shape index (κ1) is 21.4. The van der Waals surface area contributed by atoms with Gasteiger partial charge < -0.3 is 14.8 Å². The first-order valence-electron chi connectivity index (χ1n) is 9.81. The summed E-state index contributed by atoms with van der Waals surface area (Å²) >= 11 is 0. The molecule has 1 fully saturated rings. The van der Waals surface area contributed by atoms with E-state index in [9.17, 15) is 14.4 Å². The second kappa shape index (κ2) is 8.98. The Morgan fingerprint density at radius 1 is 1.03 bits per heavy atom. The monoisotopic (exact) mass is 410 g/mol. The van der Waals surface area contributed by atoms with Gasteiger partial charge >= 0.3 is 12.0 Å². The number of rotatable bonds is 6. The van der Waals surface area contributed by atoms with Gasteiger partial charge in [0.25, 0.3) is 5.91 Å². The Labute approximate surface area is 176 Å². The van der Waals surface area contributed by atoms with Crippen molar-refractivity contribution in [2.45, 2.75) is 32.8 Å². The van der Waals surface area contributed by atoms with Gasteiger partial charge in [0.15, 0.2) is 6.61 Å². The maximum absolute atomic E-state index is 12.1. The molecule has 2 aromatic carbocycles. The lowest BCUT2D eigenvalue weighted by Crippen LogP contribution is -2.37. The predicted octanol–water partition coefficient (Wildman–Crippen LogP) is 3.27. The molecule has 3 rings (SSSR count). The molecule has 1 aliphatic heterocycles. The third-order valence-corrected chi connectivity index (χ3v) is 4.80. The summed E-state index contributed by atoms with van der Waals surface area (Å²) in [4.78, 5) is 36.5. The van der Waals surface area contributed by atoms with E-state index in [1.807, 2.05) is 12.1 Å². The summed E-state index contributed by atoms with van der Waals surface area (Å²) in [6.45, 7) is 7.07. The largest absolute Gasteiger partial charge is 0.489 e. The molecule has 1 saturated heterocycles. The van der Waals surface area contributed by atoms with Crippen molar-refractivity contribution in [2.24, 2.45) is 0 Å². The van der Waals surface area contributed by atoms with Gasteiger partial charge in [0.2, 0.25) is 0 Å². The van der Waals surface area contributed by atoms with Crippen molar-refractivity contribution in [3.8, 4) is 5.75 Å². The van der Waals surface area contributed by atoms with E-state index in [0.717, 1.165) is 16.2 Å². The normalized spacial score (nSPS) is 13.7. The van der Waals surface area contributed by atoms with Gasteiger partial charge in [-0.1, -0.05) is 45.0 Å². The number of hydrogen-bond acceptors (Lipinski definition) is 5. The first-order valence-corrected chi connectivity index (χ1v) is 9.81. The number of imide groups is 1. The van der Waals surface area contributed by atoms with Gasteiger partial charge in [0.1, 0.15) is 12.4 Å². The van der Waals surface area contributed by atoms with Gasteiger partial charge in [-0.25, -0.2) is 9.59 Å². The number of nitrogens with zero attached hydrogens (tertiary/aromatic N) is 1. The zero-order valence-corrected chi connectivity index (χ0v) is 17.4. The highest BCUT2D eigenvalue weighted by molar-refractivity contribution is 5.98. The molecule has 158 valence electrons. The molecule has 3 amide bonds. The average molecular weight is 410 g/mol. The summed E-state index contributed by atoms with van der Waals surface area (Å²) in [6.07, 6.45) is 0. The van der Waals surface area contributed by atoms with E-state index in [1.165, 1.54) is 5.56 Å². The zero-order valence-electron chi connectivity index (χ0n) is 17.4. The van der Waals surface area contributed by atoms with Crippen molar-refractivity contribution < 1.29 is 23.9 Å². The summed E-state index contributed by atoms with van der Waals surface area (Å²) in [5.74, 6) is -0.384. The Morgan fingerprint density at radius 2 is 1.70 bits per heavy atom. The Hall–Kier alpha value is -3.35. The topological polar surface area (TPSA) is 84.9 Å². The van der Waals surface area contributed by atoms with Crippen LogP contribution in [-0.4, -0.2) is 42.5 Å². The summed E-state index contributed by atoms with van der Waals surface area (Å²) in [6, 6.07) is 14.3. The van der Waals surface area contributed by atoms with E-state index >= 15 is 0 Å². The fourth-order valence-corrected chi connectivity index (χ4v) is 2.95. The molecule has 0 radical (unpaired) electrons. The van der Waals surface area contributed by atoms with Crippen LogP contribution in [0.3, 0.4) is 0 Å². The van der Waals surface area contributed by atoms with Crippen LogP contribution in [0.15, 0.2) is 48.5 Å². The fourth-order valence-electron chi connectivity index (χ4n) is 2.95. The SMILES string of the molecule is CC(C)(C)c1ccc(OCc2ccc(C(=O)OCC(=O)N3CCNC3=O)cc2)cc1. The van der Waals surface area contributed by atoms with Crippen molar-refractivity contribution in [3.05, 3.63) is 65.2 Å². The van der Waals surface area contributed by atoms with Gasteiger partial charge in [-0.2, -0.15) is 0 Å². The Bertz CT molecular complexity index is 914. The summed E-state index contributed by atoms with van der Waals surface area (Å²) in [5.41, 5.74) is 2.55. The Kier molecular flexibility index (Phi) is 6.40. The molecule has 0 aromatic heterocycles. The number of esters is 1. The lowest BCUT2D eigenvalue weighted by molar-refractivity contribution is -0.130. The van der Waals surface area contributed by atoms with E-state index in [4.69, 9.17) is 9.47 Å². The van der Waals surface area contributed by atoms with Crippen LogP contribution in [0.25, 0.3) is 0 Å². The highest BCUT2D eigenvalue weighted by Crippen LogP contribution is 2.24. The molecule has 0 bridgehead atoms. The van der Waals surface area contributed by atoms with Crippen LogP contribution in [0.2, 0.25) is 0 Å². The van der Waals surface area contributed by atoms with Crippen LogP contribution in [0.4, 0.5) is 4.79 Å². The smallest absolute Gasteiger partial charge is 0.338 e. The minimum atomic E-state index is -0.617. The minimum absolute atomic E-state index is 0.0917. The van der Waals surface area contributed by atoms with Crippen molar-refractivity contribution in [2.75, 3.05) is 19.7 Å². The van der Waals surface area contributed by atoms with E-state index < -0.39 is 24.5 Å². The molecular formula is C23H26N2O5. The van der Waals surface area contributed by atoms with Crippen molar-refractivity contribution in [3.63, 3.8) is 0 Å². The van der Waals surface area contributed by atoms with Crippen LogP contribution in [0.5, 0.6) is 5.75 Å². The molecule has 0 aliphatic carbocycles. The fraction of sp³-hybridized carbons (Fsp3) is 0.348.